The molecule has 0 amide bonds. The molecule has 0 fully saturated rings. The summed E-state index contributed by atoms with van der Waals surface area (Å²) in [6.07, 6.45) is 2.27. The molecule has 0 saturated carbocycles. The van der Waals surface area contributed by atoms with E-state index < -0.39 is 0 Å². The van der Waals surface area contributed by atoms with Gasteiger partial charge in [0.25, 0.3) is 0 Å². The largest absolute Gasteiger partial charge is 0.493 e. The lowest BCUT2D eigenvalue weighted by Gasteiger charge is -2.14. The molecule has 0 spiro atoms. The average Bonchev–Trinajstić information content (AvgIpc) is 2.34. The highest BCUT2D eigenvalue weighted by Crippen LogP contribution is 2.32. The Labute approximate surface area is 112 Å². The quantitative estimate of drug-likeness (QED) is 0.549. The highest BCUT2D eigenvalue weighted by molar-refractivity contribution is 9.08. The fourth-order valence-corrected chi connectivity index (χ4v) is 2.10. The van der Waals surface area contributed by atoms with E-state index in [1.54, 1.807) is 7.11 Å². The zero-order valence-electron chi connectivity index (χ0n) is 10.8. The number of methoxy groups -OCH3 is 1. The number of hydrogen-bond acceptors (Lipinski definition) is 2. The molecule has 0 N–H and O–H groups in total. The van der Waals surface area contributed by atoms with E-state index in [4.69, 9.17) is 9.47 Å². The van der Waals surface area contributed by atoms with Crippen molar-refractivity contribution in [1.82, 2.24) is 0 Å². The Morgan fingerprint density at radius 1 is 1.29 bits per heavy atom. The molecular formula is C14H21BrO2. The number of ether oxygens (including phenoxy) is 2. The molecule has 0 radical (unpaired) electrons. The SMILES string of the molecule is COc1cccc(CBr)c1OCCCC(C)C. The van der Waals surface area contributed by atoms with Crippen LogP contribution in [-0.2, 0) is 5.33 Å². The molecule has 0 atom stereocenters. The number of rotatable bonds is 7. The molecule has 17 heavy (non-hydrogen) atoms. The van der Waals surface area contributed by atoms with Gasteiger partial charge in [0.05, 0.1) is 13.7 Å². The van der Waals surface area contributed by atoms with E-state index in [-0.39, 0.29) is 0 Å². The summed E-state index contributed by atoms with van der Waals surface area (Å²) in [5, 5.41) is 0.781. The van der Waals surface area contributed by atoms with Gasteiger partial charge < -0.3 is 9.47 Å². The molecule has 0 aliphatic rings. The van der Waals surface area contributed by atoms with Crippen LogP contribution in [0.2, 0.25) is 0 Å². The molecule has 1 rings (SSSR count). The van der Waals surface area contributed by atoms with Gasteiger partial charge in [-0.15, -0.1) is 0 Å². The predicted octanol–water partition coefficient (Wildman–Crippen LogP) is 4.41. The third-order valence-electron chi connectivity index (χ3n) is 2.60. The van der Waals surface area contributed by atoms with Crippen LogP contribution in [0.3, 0.4) is 0 Å². The first-order valence-corrected chi connectivity index (χ1v) is 7.15. The summed E-state index contributed by atoms with van der Waals surface area (Å²) >= 11 is 3.47. The van der Waals surface area contributed by atoms with E-state index in [0.717, 1.165) is 41.3 Å². The highest BCUT2D eigenvalue weighted by Gasteiger charge is 2.09. The highest BCUT2D eigenvalue weighted by atomic mass is 79.9. The van der Waals surface area contributed by atoms with Crippen molar-refractivity contribution in [2.24, 2.45) is 5.92 Å². The van der Waals surface area contributed by atoms with Crippen molar-refractivity contribution in [2.75, 3.05) is 13.7 Å². The maximum atomic E-state index is 5.85. The Kier molecular flexibility index (Phi) is 6.41. The molecule has 0 heterocycles. The Hall–Kier alpha value is -0.700. The number of benzene rings is 1. The van der Waals surface area contributed by atoms with E-state index in [1.807, 2.05) is 12.1 Å². The van der Waals surface area contributed by atoms with Crippen molar-refractivity contribution in [3.63, 3.8) is 0 Å². The van der Waals surface area contributed by atoms with Crippen molar-refractivity contribution >= 4 is 15.9 Å². The standard InChI is InChI=1S/C14H21BrO2/c1-11(2)6-5-9-17-14-12(10-15)7-4-8-13(14)16-3/h4,7-8,11H,5-6,9-10H2,1-3H3. The molecule has 0 aliphatic carbocycles. The fourth-order valence-electron chi connectivity index (χ4n) is 1.66. The Balaban J connectivity index is 2.61. The predicted molar refractivity (Wildman–Crippen MR) is 75.2 cm³/mol. The lowest BCUT2D eigenvalue weighted by molar-refractivity contribution is 0.278. The molecule has 1 aromatic carbocycles. The second-order valence-electron chi connectivity index (χ2n) is 4.47. The van der Waals surface area contributed by atoms with Crippen LogP contribution in [0.15, 0.2) is 18.2 Å². The summed E-state index contributed by atoms with van der Waals surface area (Å²) < 4.78 is 11.2. The first-order chi connectivity index (χ1) is 8.19. The summed E-state index contributed by atoms with van der Waals surface area (Å²) in [5.74, 6) is 2.41. The van der Waals surface area contributed by atoms with Gasteiger partial charge in [-0.25, -0.2) is 0 Å². The summed E-state index contributed by atoms with van der Waals surface area (Å²) in [4.78, 5) is 0. The van der Waals surface area contributed by atoms with Gasteiger partial charge in [0.1, 0.15) is 0 Å². The van der Waals surface area contributed by atoms with Crippen LogP contribution in [-0.4, -0.2) is 13.7 Å². The van der Waals surface area contributed by atoms with Crippen LogP contribution in [0.4, 0.5) is 0 Å². The summed E-state index contributed by atoms with van der Waals surface area (Å²) in [5.41, 5.74) is 1.13. The van der Waals surface area contributed by atoms with Gasteiger partial charge in [0.15, 0.2) is 11.5 Å². The van der Waals surface area contributed by atoms with Crippen molar-refractivity contribution < 1.29 is 9.47 Å². The van der Waals surface area contributed by atoms with E-state index in [0.29, 0.717) is 0 Å². The van der Waals surface area contributed by atoms with Crippen molar-refractivity contribution in [3.05, 3.63) is 23.8 Å². The summed E-state index contributed by atoms with van der Waals surface area (Å²) in [7, 11) is 1.67. The minimum Gasteiger partial charge on any atom is -0.493 e. The molecule has 1 aromatic rings. The fraction of sp³-hybridized carbons (Fsp3) is 0.571. The third kappa shape index (κ3) is 4.58. The van der Waals surface area contributed by atoms with Crippen molar-refractivity contribution in [3.8, 4) is 11.5 Å². The van der Waals surface area contributed by atoms with Gasteiger partial charge in [0, 0.05) is 10.9 Å². The van der Waals surface area contributed by atoms with Gasteiger partial charge in [-0.2, -0.15) is 0 Å². The monoisotopic (exact) mass is 300 g/mol. The third-order valence-corrected chi connectivity index (χ3v) is 3.20. The second kappa shape index (κ2) is 7.59. The summed E-state index contributed by atoms with van der Waals surface area (Å²) in [6.45, 7) is 5.21. The molecule has 0 aliphatic heterocycles. The number of halogens is 1. The second-order valence-corrected chi connectivity index (χ2v) is 5.03. The van der Waals surface area contributed by atoms with Crippen LogP contribution >= 0.6 is 15.9 Å². The Bertz CT molecular complexity index is 315. The minimum atomic E-state index is 0.729. The number of hydrogen-bond donors (Lipinski definition) is 0. The van der Waals surface area contributed by atoms with Crippen LogP contribution in [0.25, 0.3) is 0 Å². The molecule has 0 aromatic heterocycles. The molecule has 96 valence electrons. The van der Waals surface area contributed by atoms with Gasteiger partial charge in [-0.05, 0) is 24.8 Å². The maximum Gasteiger partial charge on any atom is 0.165 e. The van der Waals surface area contributed by atoms with Crippen LogP contribution < -0.4 is 9.47 Å². The van der Waals surface area contributed by atoms with Crippen LogP contribution in [0.5, 0.6) is 11.5 Å². The topological polar surface area (TPSA) is 18.5 Å². The first-order valence-electron chi connectivity index (χ1n) is 6.03. The van der Waals surface area contributed by atoms with E-state index in [9.17, 15) is 0 Å². The smallest absolute Gasteiger partial charge is 0.165 e. The van der Waals surface area contributed by atoms with Gasteiger partial charge in [-0.3, -0.25) is 0 Å². The Morgan fingerprint density at radius 3 is 2.65 bits per heavy atom. The maximum absolute atomic E-state index is 5.85. The van der Waals surface area contributed by atoms with E-state index in [1.165, 1.54) is 6.42 Å². The normalized spacial score (nSPS) is 10.6. The molecule has 2 nitrogen and oxygen atoms in total. The molecule has 0 unspecified atom stereocenters. The molecule has 0 bridgehead atoms. The van der Waals surface area contributed by atoms with Crippen molar-refractivity contribution in [1.29, 1.82) is 0 Å². The lowest BCUT2D eigenvalue weighted by Crippen LogP contribution is -2.03. The van der Waals surface area contributed by atoms with E-state index in [2.05, 4.69) is 35.8 Å². The van der Waals surface area contributed by atoms with Crippen LogP contribution in [0, 0.1) is 5.92 Å². The summed E-state index contributed by atoms with van der Waals surface area (Å²) in [6, 6.07) is 5.97. The van der Waals surface area contributed by atoms with Gasteiger partial charge >= 0.3 is 0 Å². The van der Waals surface area contributed by atoms with Crippen LogP contribution in [0.1, 0.15) is 32.3 Å². The first kappa shape index (κ1) is 14.4. The molecule has 3 heteroatoms. The number of para-hydroxylation sites is 1. The van der Waals surface area contributed by atoms with Gasteiger partial charge in [-0.1, -0.05) is 41.9 Å². The van der Waals surface area contributed by atoms with Crippen molar-refractivity contribution in [2.45, 2.75) is 32.0 Å². The van der Waals surface area contributed by atoms with E-state index >= 15 is 0 Å². The molecular weight excluding hydrogens is 280 g/mol. The van der Waals surface area contributed by atoms with Gasteiger partial charge in [0.2, 0.25) is 0 Å². The Morgan fingerprint density at radius 2 is 2.06 bits per heavy atom. The average molecular weight is 301 g/mol. The molecule has 0 saturated heterocycles. The zero-order chi connectivity index (χ0) is 12.7. The zero-order valence-corrected chi connectivity index (χ0v) is 12.4. The number of alkyl halides is 1. The lowest BCUT2D eigenvalue weighted by atomic mass is 10.1. The minimum absolute atomic E-state index is 0.729.